The van der Waals surface area contributed by atoms with Crippen LogP contribution < -0.4 is 5.32 Å². The molecule has 3 aromatic heterocycles. The van der Waals surface area contributed by atoms with Crippen LogP contribution >= 0.6 is 11.3 Å². The molecule has 0 fully saturated rings. The molecule has 156 valence electrons. The van der Waals surface area contributed by atoms with Gasteiger partial charge >= 0.3 is 0 Å². The Hall–Kier alpha value is -3.00. The lowest BCUT2D eigenvalue weighted by molar-refractivity contribution is 0.102. The lowest BCUT2D eigenvalue weighted by atomic mass is 9.87. The molecule has 0 aliphatic carbocycles. The van der Waals surface area contributed by atoms with Crippen LogP contribution in [0.2, 0.25) is 0 Å². The van der Waals surface area contributed by atoms with Gasteiger partial charge in [-0.2, -0.15) is 14.9 Å². The fourth-order valence-corrected chi connectivity index (χ4v) is 4.30. The highest BCUT2D eigenvalue weighted by Gasteiger charge is 2.19. The second-order valence-electron chi connectivity index (χ2n) is 8.45. The molecular formula is C22H26N6OS. The van der Waals surface area contributed by atoms with Crippen LogP contribution in [0.1, 0.15) is 55.1 Å². The van der Waals surface area contributed by atoms with Crippen LogP contribution in [0.3, 0.4) is 0 Å². The maximum absolute atomic E-state index is 12.8. The monoisotopic (exact) mass is 422 g/mol. The van der Waals surface area contributed by atoms with E-state index < -0.39 is 0 Å². The Balaban J connectivity index is 1.68. The molecule has 30 heavy (non-hydrogen) atoms. The van der Waals surface area contributed by atoms with Gasteiger partial charge in [0.1, 0.15) is 5.82 Å². The predicted octanol–water partition coefficient (Wildman–Crippen LogP) is 4.87. The Morgan fingerprint density at radius 1 is 1.13 bits per heavy atom. The summed E-state index contributed by atoms with van der Waals surface area (Å²) in [7, 11) is 0. The summed E-state index contributed by atoms with van der Waals surface area (Å²) in [5, 5.41) is 12.6. The molecule has 0 radical (unpaired) electrons. The summed E-state index contributed by atoms with van der Waals surface area (Å²) >= 11 is 1.56. The first kappa shape index (κ1) is 20.3. The van der Waals surface area contributed by atoms with E-state index in [1.807, 2.05) is 32.9 Å². The van der Waals surface area contributed by atoms with Gasteiger partial charge in [-0.05, 0) is 49.9 Å². The van der Waals surface area contributed by atoms with Crippen molar-refractivity contribution in [3.05, 3.63) is 53.0 Å². The average molecular weight is 423 g/mol. The molecule has 0 unspecified atom stereocenters. The van der Waals surface area contributed by atoms with Crippen LogP contribution in [0.25, 0.3) is 15.3 Å². The number of fused-ring (bicyclic) bond motifs is 1. The molecule has 0 atom stereocenters. The van der Waals surface area contributed by atoms with E-state index >= 15 is 0 Å². The van der Waals surface area contributed by atoms with Gasteiger partial charge < -0.3 is 5.32 Å². The Bertz CT molecular complexity index is 1240. The minimum atomic E-state index is -0.262. The zero-order valence-corrected chi connectivity index (χ0v) is 19.0. The van der Waals surface area contributed by atoms with Crippen LogP contribution in [0.4, 0.5) is 5.82 Å². The summed E-state index contributed by atoms with van der Waals surface area (Å²) in [6.07, 6.45) is 0. The number of anilines is 1. The van der Waals surface area contributed by atoms with E-state index in [1.54, 1.807) is 26.8 Å². The highest BCUT2D eigenvalue weighted by atomic mass is 32.1. The molecule has 0 aliphatic heterocycles. The van der Waals surface area contributed by atoms with E-state index in [9.17, 15) is 4.79 Å². The van der Waals surface area contributed by atoms with Gasteiger partial charge in [-0.15, -0.1) is 0 Å². The van der Waals surface area contributed by atoms with Gasteiger partial charge in [0.05, 0.1) is 15.9 Å². The average Bonchev–Trinajstić information content (AvgIpc) is 3.36. The van der Waals surface area contributed by atoms with Crippen molar-refractivity contribution in [3.63, 3.8) is 0 Å². The molecule has 3 heterocycles. The number of rotatable bonds is 4. The van der Waals surface area contributed by atoms with Crippen molar-refractivity contribution in [1.82, 2.24) is 24.5 Å². The summed E-state index contributed by atoms with van der Waals surface area (Å²) in [6.45, 7) is 13.1. The van der Waals surface area contributed by atoms with Gasteiger partial charge in [-0.25, -0.2) is 4.98 Å². The molecule has 0 spiro atoms. The number of amides is 1. The minimum absolute atomic E-state index is 0.0692. The maximum Gasteiger partial charge on any atom is 0.277 e. The van der Waals surface area contributed by atoms with Crippen LogP contribution in [-0.2, 0) is 12.0 Å². The van der Waals surface area contributed by atoms with Crippen LogP contribution in [-0.4, -0.2) is 30.5 Å². The summed E-state index contributed by atoms with van der Waals surface area (Å²) in [5.41, 5.74) is 4.39. The summed E-state index contributed by atoms with van der Waals surface area (Å²) in [5.74, 6) is 0.318. The van der Waals surface area contributed by atoms with Crippen LogP contribution in [0.15, 0.2) is 30.3 Å². The van der Waals surface area contributed by atoms with Gasteiger partial charge in [0, 0.05) is 18.3 Å². The van der Waals surface area contributed by atoms with E-state index in [1.165, 1.54) is 5.56 Å². The molecule has 8 heteroatoms. The second-order valence-corrected chi connectivity index (χ2v) is 9.46. The molecule has 0 saturated carbocycles. The highest BCUT2D eigenvalue weighted by molar-refractivity contribution is 7.20. The highest BCUT2D eigenvalue weighted by Crippen LogP contribution is 2.31. The van der Waals surface area contributed by atoms with Crippen molar-refractivity contribution in [2.24, 2.45) is 0 Å². The first-order valence-corrected chi connectivity index (χ1v) is 10.8. The first-order valence-electron chi connectivity index (χ1n) is 9.99. The zero-order chi connectivity index (χ0) is 21.6. The summed E-state index contributed by atoms with van der Waals surface area (Å²) in [4.78, 5) is 17.5. The van der Waals surface area contributed by atoms with E-state index in [-0.39, 0.29) is 11.3 Å². The molecule has 0 aliphatic rings. The Morgan fingerprint density at radius 3 is 2.57 bits per heavy atom. The third-order valence-corrected chi connectivity index (χ3v) is 6.00. The number of hydrogen-bond donors (Lipinski definition) is 1. The number of aromatic nitrogens is 5. The number of aryl methyl sites for hydroxylation is 3. The Morgan fingerprint density at radius 2 is 1.90 bits per heavy atom. The number of benzene rings is 1. The van der Waals surface area contributed by atoms with Gasteiger partial charge in [-0.3, -0.25) is 9.48 Å². The lowest BCUT2D eigenvalue weighted by Crippen LogP contribution is -2.16. The van der Waals surface area contributed by atoms with E-state index in [0.29, 0.717) is 11.5 Å². The molecule has 1 N–H and O–H groups in total. The van der Waals surface area contributed by atoms with Crippen molar-refractivity contribution in [3.8, 4) is 5.13 Å². The van der Waals surface area contributed by atoms with Crippen molar-refractivity contribution in [2.45, 2.75) is 53.5 Å². The van der Waals surface area contributed by atoms with E-state index in [2.05, 4.69) is 48.4 Å². The second kappa shape index (κ2) is 7.36. The number of carbonyl (C=O) groups is 1. The SMILES string of the molecule is CCn1nc(C(=O)Nc2cc(C)nn2-c2nc3ccc(C(C)(C)C)cc3s2)cc1C. The maximum atomic E-state index is 12.8. The van der Waals surface area contributed by atoms with Crippen molar-refractivity contribution < 1.29 is 4.79 Å². The quantitative estimate of drug-likeness (QED) is 0.509. The topological polar surface area (TPSA) is 77.6 Å². The molecule has 1 aromatic carbocycles. The molecule has 7 nitrogen and oxygen atoms in total. The van der Waals surface area contributed by atoms with Crippen molar-refractivity contribution in [1.29, 1.82) is 0 Å². The standard InChI is InChI=1S/C22H26N6OS/c1-7-27-14(3)11-17(26-27)20(29)24-19-10-13(2)25-28(19)21-23-16-9-8-15(22(4,5)6)12-18(16)30-21/h8-12H,7H2,1-6H3,(H,24,29). The molecular weight excluding hydrogens is 396 g/mol. The van der Waals surface area contributed by atoms with Crippen molar-refractivity contribution >= 4 is 33.3 Å². The molecule has 0 saturated heterocycles. The van der Waals surface area contributed by atoms with Gasteiger partial charge in [0.25, 0.3) is 5.91 Å². The minimum Gasteiger partial charge on any atom is -0.305 e. The first-order chi connectivity index (χ1) is 14.2. The van der Waals surface area contributed by atoms with Gasteiger partial charge in [0.15, 0.2) is 5.69 Å². The normalized spacial score (nSPS) is 11.9. The third kappa shape index (κ3) is 3.75. The molecule has 0 bridgehead atoms. The summed E-state index contributed by atoms with van der Waals surface area (Å²) in [6, 6.07) is 9.98. The number of carbonyl (C=O) groups excluding carboxylic acids is 1. The van der Waals surface area contributed by atoms with Crippen LogP contribution in [0, 0.1) is 13.8 Å². The molecule has 1 amide bonds. The number of nitrogens with zero attached hydrogens (tertiary/aromatic N) is 5. The van der Waals surface area contributed by atoms with Gasteiger partial charge in [0.2, 0.25) is 5.13 Å². The number of nitrogens with one attached hydrogen (secondary N) is 1. The molecule has 4 rings (SSSR count). The lowest BCUT2D eigenvalue weighted by Gasteiger charge is -2.18. The Labute approximate surface area is 179 Å². The number of thiazole rings is 1. The predicted molar refractivity (Wildman–Crippen MR) is 121 cm³/mol. The van der Waals surface area contributed by atoms with E-state index in [0.717, 1.165) is 33.3 Å². The van der Waals surface area contributed by atoms with Crippen molar-refractivity contribution in [2.75, 3.05) is 5.32 Å². The molecule has 4 aromatic rings. The summed E-state index contributed by atoms with van der Waals surface area (Å²) < 4.78 is 4.59. The smallest absolute Gasteiger partial charge is 0.277 e. The fourth-order valence-electron chi connectivity index (χ4n) is 3.33. The van der Waals surface area contributed by atoms with Gasteiger partial charge in [-0.1, -0.05) is 38.2 Å². The zero-order valence-electron chi connectivity index (χ0n) is 18.1. The van der Waals surface area contributed by atoms with E-state index in [4.69, 9.17) is 4.98 Å². The largest absolute Gasteiger partial charge is 0.305 e. The third-order valence-electron chi connectivity index (χ3n) is 5.01. The van der Waals surface area contributed by atoms with Crippen LogP contribution in [0.5, 0.6) is 0 Å². The Kier molecular flexibility index (Phi) is 4.97. The number of hydrogen-bond acceptors (Lipinski definition) is 5. The fraction of sp³-hybridized carbons (Fsp3) is 0.364.